The van der Waals surface area contributed by atoms with Crippen LogP contribution in [0.1, 0.15) is 20.3 Å². The van der Waals surface area contributed by atoms with E-state index in [0.29, 0.717) is 21.7 Å². The summed E-state index contributed by atoms with van der Waals surface area (Å²) >= 11 is 17.4. The summed E-state index contributed by atoms with van der Waals surface area (Å²) in [5, 5.41) is 4.28. The molecule has 0 bridgehead atoms. The first-order valence-electron chi connectivity index (χ1n) is 4.60. The Hall–Kier alpha value is -0.180. The molecule has 5 heteroatoms. The maximum Gasteiger partial charge on any atom is 0.145 e. The van der Waals surface area contributed by atoms with Crippen molar-refractivity contribution in [2.75, 3.05) is 11.2 Å². The number of alkyl halides is 1. The summed E-state index contributed by atoms with van der Waals surface area (Å²) in [5.74, 6) is 1.22. The largest absolute Gasteiger partial charge is 0.364 e. The minimum absolute atomic E-state index is 0.133. The molecule has 0 spiro atoms. The molecule has 1 aromatic heterocycles. The molecule has 0 aliphatic heterocycles. The molecule has 1 N–H and O–H groups in total. The minimum Gasteiger partial charge on any atom is -0.364 e. The van der Waals surface area contributed by atoms with Gasteiger partial charge in [0.05, 0.1) is 10.0 Å². The summed E-state index contributed by atoms with van der Waals surface area (Å²) in [6.45, 7) is 4.09. The Labute approximate surface area is 105 Å². The van der Waals surface area contributed by atoms with Crippen molar-refractivity contribution in [3.05, 3.63) is 22.3 Å². The van der Waals surface area contributed by atoms with Gasteiger partial charge in [-0.15, -0.1) is 11.6 Å². The molecule has 0 fully saturated rings. The van der Waals surface area contributed by atoms with Crippen molar-refractivity contribution >= 4 is 40.6 Å². The van der Waals surface area contributed by atoms with Gasteiger partial charge in [-0.2, -0.15) is 0 Å². The smallest absolute Gasteiger partial charge is 0.145 e. The van der Waals surface area contributed by atoms with Crippen molar-refractivity contribution in [2.45, 2.75) is 25.8 Å². The van der Waals surface area contributed by atoms with Crippen molar-refractivity contribution in [1.29, 1.82) is 0 Å². The Balaban J connectivity index is 2.80. The Bertz CT molecular complexity index is 339. The molecule has 15 heavy (non-hydrogen) atoms. The van der Waals surface area contributed by atoms with Crippen molar-refractivity contribution < 1.29 is 0 Å². The minimum atomic E-state index is -0.133. The molecule has 0 saturated carbocycles. The zero-order valence-electron chi connectivity index (χ0n) is 8.65. The standard InChI is InChI=1S/C10H13Cl3N2/c1-10(2,3-4-11)15-9-8(13)5-7(12)6-14-9/h5-6H,3-4H2,1-2H3,(H,14,15). The van der Waals surface area contributed by atoms with Gasteiger partial charge >= 0.3 is 0 Å². The highest BCUT2D eigenvalue weighted by molar-refractivity contribution is 6.35. The number of nitrogens with one attached hydrogen (secondary N) is 1. The number of halogens is 3. The van der Waals surface area contributed by atoms with Crippen LogP contribution in [-0.2, 0) is 0 Å². The summed E-state index contributed by atoms with van der Waals surface area (Å²) in [4.78, 5) is 4.13. The van der Waals surface area contributed by atoms with Gasteiger partial charge in [-0.1, -0.05) is 23.2 Å². The lowest BCUT2D eigenvalue weighted by Gasteiger charge is -2.26. The average Bonchev–Trinajstić information content (AvgIpc) is 2.09. The topological polar surface area (TPSA) is 24.9 Å². The molecule has 0 aliphatic rings. The van der Waals surface area contributed by atoms with Gasteiger partial charge in [0, 0.05) is 17.6 Å². The van der Waals surface area contributed by atoms with Crippen LogP contribution >= 0.6 is 34.8 Å². The number of hydrogen-bond acceptors (Lipinski definition) is 2. The Kier molecular flexibility index (Phi) is 4.50. The predicted molar refractivity (Wildman–Crippen MR) is 67.3 cm³/mol. The molecule has 0 amide bonds. The highest BCUT2D eigenvalue weighted by atomic mass is 35.5. The maximum absolute atomic E-state index is 5.99. The second-order valence-electron chi connectivity index (χ2n) is 3.93. The first-order chi connectivity index (χ1) is 6.94. The number of anilines is 1. The highest BCUT2D eigenvalue weighted by Gasteiger charge is 2.18. The molecule has 2 nitrogen and oxygen atoms in total. The first-order valence-corrected chi connectivity index (χ1v) is 5.89. The SMILES string of the molecule is CC(C)(CCCl)Nc1ncc(Cl)cc1Cl. The van der Waals surface area contributed by atoms with Gasteiger partial charge in [0.25, 0.3) is 0 Å². The number of hydrogen-bond donors (Lipinski definition) is 1. The molecule has 1 aromatic rings. The summed E-state index contributed by atoms with van der Waals surface area (Å²) in [6.07, 6.45) is 2.39. The van der Waals surface area contributed by atoms with Crippen LogP contribution in [0.15, 0.2) is 12.3 Å². The Morgan fingerprint density at radius 2 is 2.07 bits per heavy atom. The number of nitrogens with zero attached hydrogens (tertiary/aromatic N) is 1. The van der Waals surface area contributed by atoms with Crippen LogP contribution < -0.4 is 5.32 Å². The molecule has 0 aromatic carbocycles. The van der Waals surface area contributed by atoms with Crippen LogP contribution in [0, 0.1) is 0 Å². The molecule has 0 radical (unpaired) electrons. The van der Waals surface area contributed by atoms with Crippen molar-refractivity contribution in [3.8, 4) is 0 Å². The lowest BCUT2D eigenvalue weighted by atomic mass is 10.0. The van der Waals surface area contributed by atoms with Crippen LogP contribution in [0.2, 0.25) is 10.0 Å². The van der Waals surface area contributed by atoms with Crippen molar-refractivity contribution in [3.63, 3.8) is 0 Å². The van der Waals surface area contributed by atoms with Crippen molar-refractivity contribution in [2.24, 2.45) is 0 Å². The van der Waals surface area contributed by atoms with Gasteiger partial charge in [0.1, 0.15) is 5.82 Å². The van der Waals surface area contributed by atoms with Gasteiger partial charge in [-0.25, -0.2) is 4.98 Å². The summed E-state index contributed by atoms with van der Waals surface area (Å²) in [7, 11) is 0. The summed E-state index contributed by atoms with van der Waals surface area (Å²) < 4.78 is 0. The molecule has 0 aliphatic carbocycles. The van der Waals surface area contributed by atoms with E-state index >= 15 is 0 Å². The molecular formula is C10H13Cl3N2. The number of pyridine rings is 1. The normalized spacial score (nSPS) is 11.5. The van der Waals surface area contributed by atoms with Crippen LogP contribution in [0.5, 0.6) is 0 Å². The van der Waals surface area contributed by atoms with E-state index in [0.717, 1.165) is 6.42 Å². The zero-order chi connectivity index (χ0) is 11.5. The highest BCUT2D eigenvalue weighted by Crippen LogP contribution is 2.26. The van der Waals surface area contributed by atoms with Gasteiger partial charge in [-0.05, 0) is 26.3 Å². The summed E-state index contributed by atoms with van der Waals surface area (Å²) in [5.41, 5.74) is -0.133. The molecular weight excluding hydrogens is 254 g/mol. The lowest BCUT2D eigenvalue weighted by molar-refractivity contribution is 0.548. The Morgan fingerprint density at radius 1 is 1.40 bits per heavy atom. The fourth-order valence-electron chi connectivity index (χ4n) is 1.13. The van der Waals surface area contributed by atoms with Crippen LogP contribution in [0.3, 0.4) is 0 Å². The van der Waals surface area contributed by atoms with E-state index in [-0.39, 0.29) is 5.54 Å². The lowest BCUT2D eigenvalue weighted by Crippen LogP contribution is -2.31. The number of rotatable bonds is 4. The molecule has 0 atom stereocenters. The van der Waals surface area contributed by atoms with Gasteiger partial charge in [0.2, 0.25) is 0 Å². The van der Waals surface area contributed by atoms with E-state index in [4.69, 9.17) is 34.8 Å². The quantitative estimate of drug-likeness (QED) is 0.827. The van der Waals surface area contributed by atoms with Crippen LogP contribution in [-0.4, -0.2) is 16.4 Å². The zero-order valence-corrected chi connectivity index (χ0v) is 10.9. The third-order valence-electron chi connectivity index (χ3n) is 1.98. The predicted octanol–water partition coefficient (Wildman–Crippen LogP) is 4.21. The van der Waals surface area contributed by atoms with E-state index < -0.39 is 0 Å². The van der Waals surface area contributed by atoms with E-state index in [9.17, 15) is 0 Å². The van der Waals surface area contributed by atoms with E-state index in [2.05, 4.69) is 10.3 Å². The molecule has 1 heterocycles. The van der Waals surface area contributed by atoms with Crippen molar-refractivity contribution in [1.82, 2.24) is 4.98 Å². The monoisotopic (exact) mass is 266 g/mol. The van der Waals surface area contributed by atoms with Gasteiger partial charge in [-0.3, -0.25) is 0 Å². The van der Waals surface area contributed by atoms with Gasteiger partial charge < -0.3 is 5.32 Å². The third-order valence-corrected chi connectivity index (χ3v) is 2.67. The average molecular weight is 268 g/mol. The maximum atomic E-state index is 5.99. The van der Waals surface area contributed by atoms with Crippen LogP contribution in [0.25, 0.3) is 0 Å². The fourth-order valence-corrected chi connectivity index (χ4v) is 2.03. The second kappa shape index (κ2) is 5.24. The molecule has 0 saturated heterocycles. The first kappa shape index (κ1) is 12.9. The van der Waals surface area contributed by atoms with Crippen LogP contribution in [0.4, 0.5) is 5.82 Å². The molecule has 0 unspecified atom stereocenters. The summed E-state index contributed by atoms with van der Waals surface area (Å²) in [6, 6.07) is 1.66. The molecule has 1 rings (SSSR count). The van der Waals surface area contributed by atoms with E-state index in [1.165, 1.54) is 0 Å². The third kappa shape index (κ3) is 4.06. The van der Waals surface area contributed by atoms with Gasteiger partial charge in [0.15, 0.2) is 0 Å². The molecule has 84 valence electrons. The van der Waals surface area contributed by atoms with E-state index in [1.807, 2.05) is 13.8 Å². The Morgan fingerprint density at radius 3 is 2.60 bits per heavy atom. The number of aromatic nitrogens is 1. The fraction of sp³-hybridized carbons (Fsp3) is 0.500. The van der Waals surface area contributed by atoms with E-state index in [1.54, 1.807) is 12.3 Å². The second-order valence-corrected chi connectivity index (χ2v) is 5.15.